The summed E-state index contributed by atoms with van der Waals surface area (Å²) < 4.78 is 37.6. The van der Waals surface area contributed by atoms with E-state index in [1.165, 1.54) is 19.2 Å². The molecule has 1 atom stereocenters. The summed E-state index contributed by atoms with van der Waals surface area (Å²) in [7, 11) is -1.10. The summed E-state index contributed by atoms with van der Waals surface area (Å²) in [6.07, 6.45) is 0. The number of rotatable bonds is 9. The van der Waals surface area contributed by atoms with Crippen molar-refractivity contribution in [1.29, 1.82) is 0 Å². The molecule has 0 aliphatic carbocycles. The third-order valence-electron chi connectivity index (χ3n) is 4.24. The van der Waals surface area contributed by atoms with Crippen LogP contribution >= 0.6 is 11.6 Å². The second kappa shape index (κ2) is 9.96. The van der Waals surface area contributed by atoms with Gasteiger partial charge in [-0.25, -0.2) is 8.42 Å². The molecular formula is C20H25ClN2O5S. The highest BCUT2D eigenvalue weighted by atomic mass is 35.5. The Balaban J connectivity index is 2.15. The molecule has 0 aliphatic heterocycles. The van der Waals surface area contributed by atoms with Gasteiger partial charge in [-0.2, -0.15) is 4.31 Å². The van der Waals surface area contributed by atoms with Gasteiger partial charge in [-0.05, 0) is 38.1 Å². The zero-order valence-electron chi connectivity index (χ0n) is 16.8. The topological polar surface area (TPSA) is 84.9 Å². The Labute approximate surface area is 176 Å². The van der Waals surface area contributed by atoms with E-state index in [0.29, 0.717) is 12.4 Å². The summed E-state index contributed by atoms with van der Waals surface area (Å²) in [5.41, 5.74) is 0.794. The van der Waals surface area contributed by atoms with Crippen molar-refractivity contribution in [3.63, 3.8) is 0 Å². The summed E-state index contributed by atoms with van der Waals surface area (Å²) >= 11 is 5.97. The lowest BCUT2D eigenvalue weighted by Gasteiger charge is -2.21. The Morgan fingerprint density at radius 3 is 2.55 bits per heavy atom. The van der Waals surface area contributed by atoms with Crippen LogP contribution in [0.5, 0.6) is 11.5 Å². The van der Waals surface area contributed by atoms with E-state index in [0.717, 1.165) is 9.87 Å². The molecule has 2 aromatic carbocycles. The molecule has 0 radical (unpaired) electrons. The number of benzene rings is 2. The van der Waals surface area contributed by atoms with Gasteiger partial charge in [0.05, 0.1) is 26.3 Å². The van der Waals surface area contributed by atoms with Crippen LogP contribution in [0.4, 0.5) is 0 Å². The Kier molecular flexibility index (Phi) is 7.89. The molecule has 9 heteroatoms. The standard InChI is InChI=1S/C20H25ClN2O5S/c1-5-28-18-11-10-15(21)12-19(18)29(25,26)23(3)13-20(24)22-14(2)16-8-6-7-9-17(16)27-4/h6-12,14H,5,13H2,1-4H3,(H,22,24). The van der Waals surface area contributed by atoms with Gasteiger partial charge in [0.25, 0.3) is 0 Å². The Hall–Kier alpha value is -2.29. The molecule has 0 saturated heterocycles. The highest BCUT2D eigenvalue weighted by molar-refractivity contribution is 7.89. The molecule has 1 amide bonds. The van der Waals surface area contributed by atoms with Crippen molar-refractivity contribution in [2.24, 2.45) is 0 Å². The SMILES string of the molecule is CCOc1ccc(Cl)cc1S(=O)(=O)N(C)CC(=O)NC(C)c1ccccc1OC. The minimum Gasteiger partial charge on any atom is -0.496 e. The van der Waals surface area contributed by atoms with Crippen molar-refractivity contribution >= 4 is 27.5 Å². The molecule has 158 valence electrons. The van der Waals surface area contributed by atoms with Crippen LogP contribution in [-0.2, 0) is 14.8 Å². The van der Waals surface area contributed by atoms with Crippen molar-refractivity contribution in [2.45, 2.75) is 24.8 Å². The maximum absolute atomic E-state index is 13.0. The van der Waals surface area contributed by atoms with E-state index in [-0.39, 0.29) is 28.3 Å². The number of ether oxygens (including phenoxy) is 2. The first-order chi connectivity index (χ1) is 13.7. The van der Waals surface area contributed by atoms with Gasteiger partial charge in [0.2, 0.25) is 15.9 Å². The predicted molar refractivity (Wildman–Crippen MR) is 112 cm³/mol. The first-order valence-electron chi connectivity index (χ1n) is 9.01. The van der Waals surface area contributed by atoms with Crippen LogP contribution in [0, 0.1) is 0 Å². The third-order valence-corrected chi connectivity index (χ3v) is 6.30. The second-order valence-corrected chi connectivity index (χ2v) is 8.77. The molecule has 0 saturated carbocycles. The number of hydrogen-bond donors (Lipinski definition) is 1. The largest absolute Gasteiger partial charge is 0.496 e. The quantitative estimate of drug-likeness (QED) is 0.647. The van der Waals surface area contributed by atoms with Crippen molar-refractivity contribution < 1.29 is 22.7 Å². The fourth-order valence-corrected chi connectivity index (χ4v) is 4.32. The normalized spacial score (nSPS) is 12.5. The van der Waals surface area contributed by atoms with Gasteiger partial charge in [0.15, 0.2) is 0 Å². The van der Waals surface area contributed by atoms with E-state index >= 15 is 0 Å². The molecule has 1 N–H and O–H groups in total. The lowest BCUT2D eigenvalue weighted by atomic mass is 10.1. The van der Waals surface area contributed by atoms with Crippen LogP contribution in [0.3, 0.4) is 0 Å². The van der Waals surface area contributed by atoms with Crippen LogP contribution in [-0.4, -0.2) is 45.9 Å². The van der Waals surface area contributed by atoms with E-state index < -0.39 is 15.9 Å². The number of nitrogens with one attached hydrogen (secondary N) is 1. The van der Waals surface area contributed by atoms with Gasteiger partial charge < -0.3 is 14.8 Å². The van der Waals surface area contributed by atoms with Crippen LogP contribution in [0.1, 0.15) is 25.5 Å². The number of amides is 1. The molecule has 7 nitrogen and oxygen atoms in total. The second-order valence-electron chi connectivity index (χ2n) is 6.32. The number of para-hydroxylation sites is 1. The van der Waals surface area contributed by atoms with Gasteiger partial charge >= 0.3 is 0 Å². The van der Waals surface area contributed by atoms with Gasteiger partial charge in [-0.15, -0.1) is 0 Å². The molecule has 2 rings (SSSR count). The van der Waals surface area contributed by atoms with Crippen molar-refractivity contribution in [2.75, 3.05) is 27.3 Å². The van der Waals surface area contributed by atoms with Crippen LogP contribution in [0.15, 0.2) is 47.4 Å². The minimum atomic E-state index is -3.98. The number of nitrogens with zero attached hydrogens (tertiary/aromatic N) is 1. The first-order valence-corrected chi connectivity index (χ1v) is 10.8. The van der Waals surface area contributed by atoms with E-state index in [2.05, 4.69) is 5.32 Å². The molecule has 29 heavy (non-hydrogen) atoms. The zero-order valence-corrected chi connectivity index (χ0v) is 18.4. The lowest BCUT2D eigenvalue weighted by Crippen LogP contribution is -2.39. The molecule has 0 fully saturated rings. The third kappa shape index (κ3) is 5.62. The fourth-order valence-electron chi connectivity index (χ4n) is 2.80. The summed E-state index contributed by atoms with van der Waals surface area (Å²) in [4.78, 5) is 12.4. The number of carbonyl (C=O) groups excluding carboxylic acids is 1. The predicted octanol–water partition coefficient (Wildman–Crippen LogP) is 3.25. The van der Waals surface area contributed by atoms with Gasteiger partial charge in [0.1, 0.15) is 16.4 Å². The van der Waals surface area contributed by atoms with E-state index in [9.17, 15) is 13.2 Å². The number of sulfonamides is 1. The first kappa shape index (κ1) is 23.0. The summed E-state index contributed by atoms with van der Waals surface area (Å²) in [6.45, 7) is 3.49. The van der Waals surface area contributed by atoms with Crippen molar-refractivity contribution in [3.05, 3.63) is 53.1 Å². The van der Waals surface area contributed by atoms with E-state index in [1.807, 2.05) is 18.2 Å². The number of likely N-dealkylation sites (N-methyl/N-ethyl adjacent to an activating group) is 1. The van der Waals surface area contributed by atoms with E-state index in [4.69, 9.17) is 21.1 Å². The molecule has 0 aliphatic rings. The average molecular weight is 441 g/mol. The summed E-state index contributed by atoms with van der Waals surface area (Å²) in [5, 5.41) is 3.05. The monoisotopic (exact) mass is 440 g/mol. The summed E-state index contributed by atoms with van der Waals surface area (Å²) in [5.74, 6) is 0.377. The highest BCUT2D eigenvalue weighted by Gasteiger charge is 2.27. The number of methoxy groups -OCH3 is 1. The van der Waals surface area contributed by atoms with Gasteiger partial charge in [-0.3, -0.25) is 4.79 Å². The van der Waals surface area contributed by atoms with Crippen LogP contribution in [0.2, 0.25) is 5.02 Å². The fraction of sp³-hybridized carbons (Fsp3) is 0.350. The number of hydrogen-bond acceptors (Lipinski definition) is 5. The number of carbonyl (C=O) groups is 1. The highest BCUT2D eigenvalue weighted by Crippen LogP contribution is 2.29. The number of halogens is 1. The van der Waals surface area contributed by atoms with Crippen molar-refractivity contribution in [1.82, 2.24) is 9.62 Å². The zero-order chi connectivity index (χ0) is 21.6. The van der Waals surface area contributed by atoms with Gasteiger partial charge in [-0.1, -0.05) is 29.8 Å². The van der Waals surface area contributed by atoms with Crippen molar-refractivity contribution in [3.8, 4) is 11.5 Å². The average Bonchev–Trinajstić information content (AvgIpc) is 2.69. The lowest BCUT2D eigenvalue weighted by molar-refractivity contribution is -0.121. The summed E-state index contributed by atoms with van der Waals surface area (Å²) in [6, 6.07) is 11.3. The molecule has 0 heterocycles. The molecule has 2 aromatic rings. The van der Waals surface area contributed by atoms with Gasteiger partial charge in [0, 0.05) is 17.6 Å². The molecule has 0 aromatic heterocycles. The van der Waals surface area contributed by atoms with Crippen LogP contribution < -0.4 is 14.8 Å². The Morgan fingerprint density at radius 2 is 1.90 bits per heavy atom. The maximum Gasteiger partial charge on any atom is 0.247 e. The maximum atomic E-state index is 13.0. The molecular weight excluding hydrogens is 416 g/mol. The Morgan fingerprint density at radius 1 is 1.21 bits per heavy atom. The Bertz CT molecular complexity index is 965. The van der Waals surface area contributed by atoms with Crippen LogP contribution in [0.25, 0.3) is 0 Å². The molecule has 1 unspecified atom stereocenters. The smallest absolute Gasteiger partial charge is 0.247 e. The minimum absolute atomic E-state index is 0.0834. The molecule has 0 spiro atoms. The van der Waals surface area contributed by atoms with E-state index in [1.54, 1.807) is 33.1 Å². The molecule has 0 bridgehead atoms.